The number of aliphatic hydroxyl groups excluding tert-OH is 1. The third-order valence-electron chi connectivity index (χ3n) is 7.05. The number of likely N-dealkylation sites (tertiary alicyclic amines) is 1. The maximum absolute atomic E-state index is 15.4. The van der Waals surface area contributed by atoms with E-state index in [4.69, 9.17) is 4.74 Å². The Bertz CT molecular complexity index is 1270. The Morgan fingerprint density at radius 1 is 1.16 bits per heavy atom. The van der Waals surface area contributed by atoms with Crippen LogP contribution in [0.1, 0.15) is 42.1 Å². The van der Waals surface area contributed by atoms with Crippen molar-refractivity contribution in [3.63, 3.8) is 0 Å². The molecule has 0 bridgehead atoms. The lowest BCUT2D eigenvalue weighted by Crippen LogP contribution is -2.42. The van der Waals surface area contributed by atoms with Crippen LogP contribution in [0.4, 0.5) is 17.6 Å². The topological polar surface area (TPSA) is 45.6 Å². The van der Waals surface area contributed by atoms with Crippen molar-refractivity contribution in [2.24, 2.45) is 11.8 Å². The molecule has 0 saturated carbocycles. The monoisotopic (exact) mass is 514 g/mol. The Kier molecular flexibility index (Phi) is 8.67. The van der Waals surface area contributed by atoms with Gasteiger partial charge in [-0.2, -0.15) is 13.2 Å². The van der Waals surface area contributed by atoms with Crippen molar-refractivity contribution in [2.45, 2.75) is 31.6 Å². The number of nitrogens with zero attached hydrogens (tertiary/aromatic N) is 2. The molecule has 0 spiro atoms. The van der Waals surface area contributed by atoms with Crippen molar-refractivity contribution >= 4 is 10.9 Å². The summed E-state index contributed by atoms with van der Waals surface area (Å²) < 4.78 is 59.3. The van der Waals surface area contributed by atoms with Crippen LogP contribution >= 0.6 is 0 Å². The zero-order chi connectivity index (χ0) is 26.4. The molecule has 196 valence electrons. The summed E-state index contributed by atoms with van der Waals surface area (Å²) in [6, 6.07) is 12.1. The van der Waals surface area contributed by atoms with Crippen LogP contribution in [0.3, 0.4) is 0 Å². The van der Waals surface area contributed by atoms with Crippen LogP contribution in [-0.2, 0) is 6.18 Å². The van der Waals surface area contributed by atoms with Crippen LogP contribution in [0, 0.1) is 23.7 Å². The molecular formula is C29H30F4N2O2. The van der Waals surface area contributed by atoms with Crippen LogP contribution in [0.15, 0.2) is 54.7 Å². The van der Waals surface area contributed by atoms with E-state index in [0.29, 0.717) is 48.3 Å². The predicted octanol–water partition coefficient (Wildman–Crippen LogP) is 6.04. The van der Waals surface area contributed by atoms with Crippen LogP contribution in [0.5, 0.6) is 5.75 Å². The number of halogens is 4. The quantitative estimate of drug-likeness (QED) is 0.309. The number of rotatable bonds is 7. The molecule has 0 radical (unpaired) electrons. The highest BCUT2D eigenvalue weighted by molar-refractivity contribution is 5.83. The molecule has 3 atom stereocenters. The van der Waals surface area contributed by atoms with Crippen molar-refractivity contribution < 1.29 is 27.4 Å². The first-order valence-electron chi connectivity index (χ1n) is 12.3. The smallest absolute Gasteiger partial charge is 0.416 e. The fourth-order valence-corrected chi connectivity index (χ4v) is 4.98. The Morgan fingerprint density at radius 2 is 2.00 bits per heavy atom. The number of pyridine rings is 1. The molecule has 0 aliphatic carbocycles. The highest BCUT2D eigenvalue weighted by Crippen LogP contribution is 2.35. The Labute approximate surface area is 214 Å². The van der Waals surface area contributed by atoms with E-state index in [1.54, 1.807) is 37.6 Å². The van der Waals surface area contributed by atoms with Crippen molar-refractivity contribution in [2.75, 3.05) is 33.4 Å². The molecule has 1 aromatic heterocycles. The molecule has 2 aromatic carbocycles. The van der Waals surface area contributed by atoms with Crippen LogP contribution in [0.25, 0.3) is 10.9 Å². The first-order valence-corrected chi connectivity index (χ1v) is 12.3. The molecular weight excluding hydrogens is 484 g/mol. The maximum Gasteiger partial charge on any atom is 0.416 e. The van der Waals surface area contributed by atoms with Crippen LogP contribution in [-0.4, -0.2) is 48.3 Å². The Balaban J connectivity index is 1.33. The van der Waals surface area contributed by atoms with Gasteiger partial charge in [-0.05, 0) is 85.7 Å². The third kappa shape index (κ3) is 6.79. The predicted molar refractivity (Wildman–Crippen MR) is 135 cm³/mol. The van der Waals surface area contributed by atoms with Gasteiger partial charge in [0.15, 0.2) is 0 Å². The molecule has 37 heavy (non-hydrogen) atoms. The van der Waals surface area contributed by atoms with Gasteiger partial charge >= 0.3 is 6.18 Å². The lowest BCUT2D eigenvalue weighted by molar-refractivity contribution is -0.137. The lowest BCUT2D eigenvalue weighted by Gasteiger charge is -2.37. The number of ether oxygens (including phenoxy) is 1. The minimum absolute atomic E-state index is 0.00539. The second kappa shape index (κ2) is 11.9. The SMILES string of the molecule is COc1ccc2nccc([C@@H](F)CC[C@@H]3CCN(CC#Cc4cccc(C(F)(F)F)c4)C[C@@H]3CO)c2c1. The number of alkyl halides is 4. The Morgan fingerprint density at radius 3 is 2.76 bits per heavy atom. The van der Waals surface area contributed by atoms with Crippen LogP contribution < -0.4 is 4.74 Å². The fraction of sp³-hybridized carbons (Fsp3) is 0.414. The summed E-state index contributed by atoms with van der Waals surface area (Å²) in [5, 5.41) is 10.7. The van der Waals surface area contributed by atoms with Crippen molar-refractivity contribution in [3.8, 4) is 17.6 Å². The zero-order valence-corrected chi connectivity index (χ0v) is 20.6. The Hall–Kier alpha value is -3.15. The van der Waals surface area contributed by atoms with Crippen molar-refractivity contribution in [3.05, 3.63) is 71.4 Å². The van der Waals surface area contributed by atoms with E-state index in [0.717, 1.165) is 30.5 Å². The van der Waals surface area contributed by atoms with E-state index < -0.39 is 17.9 Å². The molecule has 0 unspecified atom stereocenters. The van der Waals surface area contributed by atoms with Gasteiger partial charge in [0.05, 0.1) is 24.7 Å². The summed E-state index contributed by atoms with van der Waals surface area (Å²) in [5.74, 6) is 6.59. The molecule has 1 saturated heterocycles. The maximum atomic E-state index is 15.4. The summed E-state index contributed by atoms with van der Waals surface area (Å²) in [4.78, 5) is 6.41. The number of hydrogen-bond donors (Lipinski definition) is 1. The summed E-state index contributed by atoms with van der Waals surface area (Å²) in [5.41, 5.74) is 0.907. The molecule has 8 heteroatoms. The van der Waals surface area contributed by atoms with Gasteiger partial charge in [0, 0.05) is 30.3 Å². The first-order chi connectivity index (χ1) is 17.8. The molecule has 1 aliphatic heterocycles. The summed E-state index contributed by atoms with van der Waals surface area (Å²) in [7, 11) is 1.57. The van der Waals surface area contributed by atoms with Gasteiger partial charge in [0.2, 0.25) is 0 Å². The van der Waals surface area contributed by atoms with E-state index in [2.05, 4.69) is 21.7 Å². The molecule has 1 fully saturated rings. The molecule has 2 heterocycles. The largest absolute Gasteiger partial charge is 0.497 e. The highest BCUT2D eigenvalue weighted by Gasteiger charge is 2.31. The number of methoxy groups -OCH3 is 1. The van der Waals surface area contributed by atoms with Gasteiger partial charge < -0.3 is 9.84 Å². The molecule has 3 aromatic rings. The average Bonchev–Trinajstić information content (AvgIpc) is 2.91. The summed E-state index contributed by atoms with van der Waals surface area (Å²) >= 11 is 0. The van der Waals surface area contributed by atoms with Gasteiger partial charge in [-0.15, -0.1) is 0 Å². The van der Waals surface area contributed by atoms with E-state index in [9.17, 15) is 18.3 Å². The van der Waals surface area contributed by atoms with E-state index in [-0.39, 0.29) is 18.4 Å². The molecule has 4 nitrogen and oxygen atoms in total. The molecule has 1 aliphatic rings. The van der Waals surface area contributed by atoms with Crippen molar-refractivity contribution in [1.29, 1.82) is 0 Å². The zero-order valence-electron chi connectivity index (χ0n) is 20.6. The summed E-state index contributed by atoms with van der Waals surface area (Å²) in [6.45, 7) is 1.75. The van der Waals surface area contributed by atoms with Gasteiger partial charge in [0.1, 0.15) is 11.9 Å². The first kappa shape index (κ1) is 26.9. The third-order valence-corrected chi connectivity index (χ3v) is 7.05. The minimum Gasteiger partial charge on any atom is -0.497 e. The second-order valence-electron chi connectivity index (χ2n) is 9.44. The minimum atomic E-state index is -4.40. The summed E-state index contributed by atoms with van der Waals surface area (Å²) in [6.07, 6.45) is -2.16. The van der Waals surface area contributed by atoms with Crippen LogP contribution in [0.2, 0.25) is 0 Å². The molecule has 1 N–H and O–H groups in total. The number of piperidine rings is 1. The average molecular weight is 515 g/mol. The number of aliphatic hydroxyl groups is 1. The molecule has 0 amide bonds. The van der Waals surface area contributed by atoms with E-state index in [1.807, 2.05) is 6.07 Å². The second-order valence-corrected chi connectivity index (χ2v) is 9.44. The fourth-order valence-electron chi connectivity index (χ4n) is 4.98. The van der Waals surface area contributed by atoms with E-state index >= 15 is 4.39 Å². The standard InChI is InChI=1S/C29H30F4N2O2/c1-37-24-8-10-28-26(17-24)25(11-13-34-28)27(30)9-7-21-12-15-35(18-22(21)19-36)14-3-5-20-4-2-6-23(16-20)29(31,32)33/h2,4,6,8,10-11,13,16-17,21-22,27,36H,7,9,12,14-15,18-19H2,1H3/t21-,22-,27+/m1/s1. The van der Waals surface area contributed by atoms with E-state index in [1.165, 1.54) is 6.07 Å². The number of aromatic nitrogens is 1. The number of benzene rings is 2. The van der Waals surface area contributed by atoms with Gasteiger partial charge in [-0.1, -0.05) is 17.9 Å². The highest BCUT2D eigenvalue weighted by atomic mass is 19.4. The van der Waals surface area contributed by atoms with Gasteiger partial charge in [-0.25, -0.2) is 4.39 Å². The van der Waals surface area contributed by atoms with Gasteiger partial charge in [-0.3, -0.25) is 9.88 Å². The van der Waals surface area contributed by atoms with Crippen molar-refractivity contribution in [1.82, 2.24) is 9.88 Å². The van der Waals surface area contributed by atoms with Gasteiger partial charge in [0.25, 0.3) is 0 Å². The molecule has 4 rings (SSSR count). The normalized spacial score (nSPS) is 19.3. The lowest BCUT2D eigenvalue weighted by atomic mass is 9.81. The number of fused-ring (bicyclic) bond motifs is 1. The number of hydrogen-bond acceptors (Lipinski definition) is 4.